The zero-order valence-electron chi connectivity index (χ0n) is 11.0. The first-order chi connectivity index (χ1) is 10.1. The van der Waals surface area contributed by atoms with Gasteiger partial charge in [-0.25, -0.2) is 8.78 Å². The van der Waals surface area contributed by atoms with Crippen molar-refractivity contribution in [2.45, 2.75) is 13.0 Å². The standard InChI is InChI=1S/C16H11F2N3/c17-16(18)12-3-1-11(2-4-12)10-21-15-6-5-13(8-19)14(7-15)9-20/h1-7,16,21H,10H2. The molecule has 1 N–H and O–H groups in total. The maximum atomic E-state index is 12.4. The molecule has 0 bridgehead atoms. The number of benzene rings is 2. The molecule has 0 saturated heterocycles. The van der Waals surface area contributed by atoms with E-state index in [0.717, 1.165) is 5.56 Å². The highest BCUT2D eigenvalue weighted by atomic mass is 19.3. The van der Waals surface area contributed by atoms with Crippen LogP contribution in [0.25, 0.3) is 0 Å². The second-order valence-corrected chi connectivity index (χ2v) is 4.38. The Morgan fingerprint density at radius 2 is 1.62 bits per heavy atom. The van der Waals surface area contributed by atoms with Crippen LogP contribution in [-0.4, -0.2) is 0 Å². The number of hydrogen-bond acceptors (Lipinski definition) is 3. The summed E-state index contributed by atoms with van der Waals surface area (Å²) < 4.78 is 24.9. The van der Waals surface area contributed by atoms with Gasteiger partial charge in [0.1, 0.15) is 12.1 Å². The van der Waals surface area contributed by atoms with Crippen LogP contribution in [-0.2, 0) is 6.54 Å². The average molecular weight is 283 g/mol. The number of halogens is 2. The van der Waals surface area contributed by atoms with Crippen LogP contribution in [0.3, 0.4) is 0 Å². The Bertz CT molecular complexity index is 710. The van der Waals surface area contributed by atoms with Crippen LogP contribution in [0.15, 0.2) is 42.5 Å². The molecule has 0 amide bonds. The lowest BCUT2D eigenvalue weighted by molar-refractivity contribution is 0.151. The molecule has 0 heterocycles. The first-order valence-corrected chi connectivity index (χ1v) is 6.19. The predicted molar refractivity (Wildman–Crippen MR) is 74.6 cm³/mol. The summed E-state index contributed by atoms with van der Waals surface area (Å²) in [6.45, 7) is 0.445. The minimum Gasteiger partial charge on any atom is -0.381 e. The molecule has 0 aliphatic heterocycles. The molecule has 0 radical (unpaired) electrons. The Kier molecular flexibility index (Phi) is 4.48. The summed E-state index contributed by atoms with van der Waals surface area (Å²) in [6, 6.07) is 14.8. The summed E-state index contributed by atoms with van der Waals surface area (Å²) in [4.78, 5) is 0. The van der Waals surface area contributed by atoms with Crippen LogP contribution in [0.1, 0.15) is 28.7 Å². The summed E-state index contributed by atoms with van der Waals surface area (Å²) >= 11 is 0. The Morgan fingerprint density at radius 3 is 2.19 bits per heavy atom. The molecule has 0 fully saturated rings. The number of nitrogens with one attached hydrogen (secondary N) is 1. The molecular formula is C16H11F2N3. The van der Waals surface area contributed by atoms with E-state index in [9.17, 15) is 8.78 Å². The van der Waals surface area contributed by atoms with Crippen molar-refractivity contribution in [3.63, 3.8) is 0 Å². The molecule has 0 atom stereocenters. The van der Waals surface area contributed by atoms with Crippen molar-refractivity contribution in [1.82, 2.24) is 0 Å². The van der Waals surface area contributed by atoms with Crippen LogP contribution < -0.4 is 5.32 Å². The largest absolute Gasteiger partial charge is 0.381 e. The number of nitrogens with zero attached hydrogens (tertiary/aromatic N) is 2. The van der Waals surface area contributed by atoms with E-state index in [1.807, 2.05) is 12.1 Å². The number of hydrogen-bond donors (Lipinski definition) is 1. The van der Waals surface area contributed by atoms with E-state index in [1.54, 1.807) is 30.3 Å². The molecule has 2 aromatic rings. The molecular weight excluding hydrogens is 272 g/mol. The molecule has 3 nitrogen and oxygen atoms in total. The fourth-order valence-electron chi connectivity index (χ4n) is 1.83. The minimum absolute atomic E-state index is 0.0103. The summed E-state index contributed by atoms with van der Waals surface area (Å²) in [6.07, 6.45) is -2.47. The van der Waals surface area contributed by atoms with Gasteiger partial charge >= 0.3 is 0 Å². The van der Waals surface area contributed by atoms with Gasteiger partial charge in [0.15, 0.2) is 0 Å². The molecule has 5 heteroatoms. The maximum Gasteiger partial charge on any atom is 0.263 e. The Labute approximate surface area is 121 Å². The maximum absolute atomic E-state index is 12.4. The van der Waals surface area contributed by atoms with Crippen LogP contribution in [0.4, 0.5) is 14.5 Å². The fourth-order valence-corrected chi connectivity index (χ4v) is 1.83. The fraction of sp³-hybridized carbons (Fsp3) is 0.125. The van der Waals surface area contributed by atoms with Crippen LogP contribution in [0.5, 0.6) is 0 Å². The molecule has 2 aromatic carbocycles. The molecule has 2 rings (SSSR count). The van der Waals surface area contributed by atoms with Crippen molar-refractivity contribution >= 4 is 5.69 Å². The summed E-state index contributed by atoms with van der Waals surface area (Å²) in [5.74, 6) is 0. The molecule has 21 heavy (non-hydrogen) atoms. The average Bonchev–Trinajstić information content (AvgIpc) is 2.52. The van der Waals surface area contributed by atoms with Crippen molar-refractivity contribution in [2.24, 2.45) is 0 Å². The van der Waals surface area contributed by atoms with Crippen LogP contribution in [0.2, 0.25) is 0 Å². The van der Waals surface area contributed by atoms with Gasteiger partial charge in [0.2, 0.25) is 0 Å². The van der Waals surface area contributed by atoms with Gasteiger partial charge < -0.3 is 5.32 Å². The molecule has 0 unspecified atom stereocenters. The topological polar surface area (TPSA) is 59.6 Å². The quantitative estimate of drug-likeness (QED) is 0.923. The first-order valence-electron chi connectivity index (χ1n) is 6.19. The van der Waals surface area contributed by atoms with E-state index in [1.165, 1.54) is 12.1 Å². The highest BCUT2D eigenvalue weighted by molar-refractivity contribution is 5.56. The van der Waals surface area contributed by atoms with Gasteiger partial charge in [0.05, 0.1) is 11.1 Å². The molecule has 104 valence electrons. The van der Waals surface area contributed by atoms with Gasteiger partial charge in [-0.15, -0.1) is 0 Å². The smallest absolute Gasteiger partial charge is 0.263 e. The number of anilines is 1. The number of alkyl halides is 2. The van der Waals surface area contributed by atoms with Crippen molar-refractivity contribution in [3.05, 3.63) is 64.7 Å². The monoisotopic (exact) mass is 283 g/mol. The highest BCUT2D eigenvalue weighted by Gasteiger charge is 2.06. The highest BCUT2D eigenvalue weighted by Crippen LogP contribution is 2.20. The third kappa shape index (κ3) is 3.55. The Hall–Kier alpha value is -2.92. The summed E-state index contributed by atoms with van der Waals surface area (Å²) in [5, 5.41) is 20.9. The van der Waals surface area contributed by atoms with Gasteiger partial charge in [0, 0.05) is 17.8 Å². The Morgan fingerprint density at radius 1 is 0.952 bits per heavy atom. The zero-order valence-corrected chi connectivity index (χ0v) is 11.0. The van der Waals surface area contributed by atoms with Crippen LogP contribution >= 0.6 is 0 Å². The summed E-state index contributed by atoms with van der Waals surface area (Å²) in [7, 11) is 0. The zero-order chi connectivity index (χ0) is 15.2. The normalized spacial score (nSPS) is 9.95. The van der Waals surface area contributed by atoms with Crippen molar-refractivity contribution in [2.75, 3.05) is 5.32 Å². The van der Waals surface area contributed by atoms with Gasteiger partial charge in [0.25, 0.3) is 6.43 Å². The van der Waals surface area contributed by atoms with E-state index in [0.29, 0.717) is 23.4 Å². The molecule has 0 aliphatic carbocycles. The Balaban J connectivity index is 2.06. The minimum atomic E-state index is -2.47. The van der Waals surface area contributed by atoms with E-state index in [4.69, 9.17) is 10.5 Å². The van der Waals surface area contributed by atoms with Gasteiger partial charge in [-0.3, -0.25) is 0 Å². The predicted octanol–water partition coefficient (Wildman–Crippen LogP) is 3.98. The van der Waals surface area contributed by atoms with Gasteiger partial charge in [-0.2, -0.15) is 10.5 Å². The second kappa shape index (κ2) is 6.49. The molecule has 0 saturated carbocycles. The van der Waals surface area contributed by atoms with Crippen molar-refractivity contribution < 1.29 is 8.78 Å². The van der Waals surface area contributed by atoms with Gasteiger partial charge in [-0.1, -0.05) is 24.3 Å². The summed E-state index contributed by atoms with van der Waals surface area (Å²) in [5.41, 5.74) is 2.16. The second-order valence-electron chi connectivity index (χ2n) is 4.38. The molecule has 0 spiro atoms. The molecule has 0 aromatic heterocycles. The molecule has 0 aliphatic rings. The lowest BCUT2D eigenvalue weighted by Crippen LogP contribution is -2.00. The van der Waals surface area contributed by atoms with Crippen molar-refractivity contribution in [1.29, 1.82) is 10.5 Å². The number of nitriles is 2. The van der Waals surface area contributed by atoms with E-state index >= 15 is 0 Å². The lowest BCUT2D eigenvalue weighted by atomic mass is 10.1. The first kappa shape index (κ1) is 14.5. The SMILES string of the molecule is N#Cc1ccc(NCc2ccc(C(F)F)cc2)cc1C#N. The lowest BCUT2D eigenvalue weighted by Gasteiger charge is -2.08. The third-order valence-corrected chi connectivity index (χ3v) is 2.99. The third-order valence-electron chi connectivity index (χ3n) is 2.99. The number of rotatable bonds is 4. The van der Waals surface area contributed by atoms with E-state index in [2.05, 4.69) is 5.32 Å². The van der Waals surface area contributed by atoms with E-state index in [-0.39, 0.29) is 5.56 Å². The van der Waals surface area contributed by atoms with Crippen LogP contribution in [0, 0.1) is 22.7 Å². The van der Waals surface area contributed by atoms with E-state index < -0.39 is 6.43 Å². The van der Waals surface area contributed by atoms with Crippen molar-refractivity contribution in [3.8, 4) is 12.1 Å². The van der Waals surface area contributed by atoms with Gasteiger partial charge in [-0.05, 0) is 23.8 Å².